The molecule has 1 unspecified atom stereocenters. The van der Waals surface area contributed by atoms with Crippen molar-refractivity contribution in [2.24, 2.45) is 5.73 Å². The monoisotopic (exact) mass is 445 g/mol. The lowest BCUT2D eigenvalue weighted by molar-refractivity contribution is -0.143. The zero-order chi connectivity index (χ0) is 24.4. The van der Waals surface area contributed by atoms with Crippen molar-refractivity contribution >= 4 is 23.8 Å². The Bertz CT molecular complexity index is 627. The van der Waals surface area contributed by atoms with Crippen LogP contribution in [0.5, 0.6) is 0 Å². The second-order valence-corrected chi connectivity index (χ2v) is 9.54. The van der Waals surface area contributed by atoms with Gasteiger partial charge in [0.25, 0.3) is 0 Å². The normalized spacial score (nSPS) is 14.9. The summed E-state index contributed by atoms with van der Waals surface area (Å²) in [4.78, 5) is 47.4. The van der Waals surface area contributed by atoms with E-state index in [-0.39, 0.29) is 43.8 Å². The minimum atomic E-state index is -1.25. The molecule has 0 rings (SSSR count). The summed E-state index contributed by atoms with van der Waals surface area (Å²) < 4.78 is 0. The number of nitrogens with one attached hydrogen (secondary N) is 4. The van der Waals surface area contributed by atoms with Crippen LogP contribution in [-0.2, 0) is 19.2 Å². The molecule has 0 aliphatic heterocycles. The third-order valence-electron chi connectivity index (χ3n) is 4.08. The zero-order valence-corrected chi connectivity index (χ0v) is 19.4. The topological polar surface area (TPSA) is 183 Å². The van der Waals surface area contributed by atoms with Gasteiger partial charge in [-0.15, -0.1) is 0 Å². The van der Waals surface area contributed by atoms with Crippen LogP contribution in [0, 0.1) is 0 Å². The van der Waals surface area contributed by atoms with Gasteiger partial charge in [-0.2, -0.15) is 0 Å². The minimum Gasteiger partial charge on any atom is -0.481 e. The molecule has 180 valence electrons. The molecule has 0 saturated heterocycles. The molecule has 3 atom stereocenters. The van der Waals surface area contributed by atoms with Crippen molar-refractivity contribution in [1.29, 1.82) is 0 Å². The SMILES string of the molecule is CC(C)(C)N[C@@H](CN)C(=O)NCCC(NC(=O)[C@H](CCC(=O)O)NC(C)(C)C)C(=O)O. The molecule has 0 aliphatic carbocycles. The van der Waals surface area contributed by atoms with Crippen molar-refractivity contribution in [2.75, 3.05) is 13.1 Å². The van der Waals surface area contributed by atoms with Crippen LogP contribution in [0.3, 0.4) is 0 Å². The molecule has 0 aromatic heterocycles. The number of amides is 2. The fourth-order valence-corrected chi connectivity index (χ4v) is 2.81. The third-order valence-corrected chi connectivity index (χ3v) is 4.08. The van der Waals surface area contributed by atoms with Gasteiger partial charge in [0.05, 0.1) is 12.1 Å². The molecule has 31 heavy (non-hydrogen) atoms. The van der Waals surface area contributed by atoms with Crippen LogP contribution in [0.4, 0.5) is 0 Å². The van der Waals surface area contributed by atoms with Gasteiger partial charge in [0.15, 0.2) is 0 Å². The van der Waals surface area contributed by atoms with Crippen molar-refractivity contribution in [2.45, 2.75) is 90.0 Å². The van der Waals surface area contributed by atoms with Gasteiger partial charge in [-0.1, -0.05) is 0 Å². The van der Waals surface area contributed by atoms with E-state index in [1.807, 2.05) is 41.5 Å². The van der Waals surface area contributed by atoms with Crippen molar-refractivity contribution < 1.29 is 29.4 Å². The van der Waals surface area contributed by atoms with Crippen molar-refractivity contribution in [3.05, 3.63) is 0 Å². The van der Waals surface area contributed by atoms with E-state index in [0.29, 0.717) is 0 Å². The van der Waals surface area contributed by atoms with Crippen molar-refractivity contribution in [3.8, 4) is 0 Å². The van der Waals surface area contributed by atoms with Gasteiger partial charge >= 0.3 is 11.9 Å². The summed E-state index contributed by atoms with van der Waals surface area (Å²) >= 11 is 0. The number of nitrogens with two attached hydrogens (primary N) is 1. The van der Waals surface area contributed by atoms with Crippen molar-refractivity contribution in [3.63, 3.8) is 0 Å². The maximum absolute atomic E-state index is 12.6. The molecule has 0 aromatic rings. The Balaban J connectivity index is 4.95. The van der Waals surface area contributed by atoms with E-state index in [9.17, 15) is 24.3 Å². The number of carbonyl (C=O) groups is 4. The molecule has 11 heteroatoms. The molecule has 0 heterocycles. The summed E-state index contributed by atoms with van der Waals surface area (Å²) in [7, 11) is 0. The summed E-state index contributed by atoms with van der Waals surface area (Å²) in [5, 5.41) is 29.5. The lowest BCUT2D eigenvalue weighted by atomic mass is 10.0. The molecule has 0 radical (unpaired) electrons. The third kappa shape index (κ3) is 13.6. The Labute approximate surface area is 183 Å². The Morgan fingerprint density at radius 3 is 1.74 bits per heavy atom. The first-order valence-electron chi connectivity index (χ1n) is 10.3. The summed E-state index contributed by atoms with van der Waals surface area (Å²) in [5.41, 5.74) is 4.83. The highest BCUT2D eigenvalue weighted by Gasteiger charge is 2.29. The molecule has 0 fully saturated rings. The average molecular weight is 446 g/mol. The number of carbonyl (C=O) groups excluding carboxylic acids is 2. The molecule has 0 aromatic carbocycles. The maximum Gasteiger partial charge on any atom is 0.326 e. The lowest BCUT2D eigenvalue weighted by Gasteiger charge is -2.29. The highest BCUT2D eigenvalue weighted by atomic mass is 16.4. The standard InChI is InChI=1S/C20H39N5O6/c1-19(2,3)24-12(7-8-15(26)27)17(29)23-13(18(30)31)9-10-22-16(28)14(11-21)25-20(4,5)6/h12-14,24-25H,7-11,21H2,1-6H3,(H,22,28)(H,23,29)(H,26,27)(H,30,31)/t12-,13?,14-/m0/s1. The molecule has 2 amide bonds. The van der Waals surface area contributed by atoms with Crippen LogP contribution >= 0.6 is 0 Å². The molecular weight excluding hydrogens is 406 g/mol. The van der Waals surface area contributed by atoms with Crippen LogP contribution in [-0.4, -0.2) is 76.3 Å². The predicted octanol–water partition coefficient (Wildman–Crippen LogP) is -0.601. The fourth-order valence-electron chi connectivity index (χ4n) is 2.81. The van der Waals surface area contributed by atoms with Crippen LogP contribution < -0.4 is 27.0 Å². The lowest BCUT2D eigenvalue weighted by Crippen LogP contribution is -2.56. The van der Waals surface area contributed by atoms with E-state index in [0.717, 1.165) is 0 Å². The molecule has 8 N–H and O–H groups in total. The van der Waals surface area contributed by atoms with E-state index in [4.69, 9.17) is 10.8 Å². The smallest absolute Gasteiger partial charge is 0.326 e. The van der Waals surface area contributed by atoms with Gasteiger partial charge in [-0.25, -0.2) is 4.79 Å². The molecule has 0 saturated carbocycles. The molecular formula is C20H39N5O6. The van der Waals surface area contributed by atoms with Gasteiger partial charge in [0.1, 0.15) is 6.04 Å². The van der Waals surface area contributed by atoms with Gasteiger partial charge in [-0.05, 0) is 54.4 Å². The first-order chi connectivity index (χ1) is 14.1. The van der Waals surface area contributed by atoms with Crippen LogP contribution in [0.25, 0.3) is 0 Å². The Morgan fingerprint density at radius 1 is 0.806 bits per heavy atom. The van der Waals surface area contributed by atoms with Crippen LogP contribution in [0.1, 0.15) is 60.8 Å². The van der Waals surface area contributed by atoms with E-state index in [1.54, 1.807) is 0 Å². The summed E-state index contributed by atoms with van der Waals surface area (Å²) in [5.74, 6) is -3.27. The molecule has 0 bridgehead atoms. The molecule has 0 aliphatic rings. The second kappa shape index (κ2) is 12.6. The highest BCUT2D eigenvalue weighted by molar-refractivity contribution is 5.87. The largest absolute Gasteiger partial charge is 0.481 e. The number of aliphatic carboxylic acids is 2. The number of rotatable bonds is 13. The van der Waals surface area contributed by atoms with E-state index in [1.165, 1.54) is 0 Å². The molecule has 0 spiro atoms. The van der Waals surface area contributed by atoms with Gasteiger partial charge in [0.2, 0.25) is 11.8 Å². The fraction of sp³-hybridized carbons (Fsp3) is 0.800. The number of hydrogen-bond acceptors (Lipinski definition) is 7. The van der Waals surface area contributed by atoms with Crippen LogP contribution in [0.15, 0.2) is 0 Å². The first-order valence-corrected chi connectivity index (χ1v) is 10.3. The maximum atomic E-state index is 12.6. The predicted molar refractivity (Wildman–Crippen MR) is 116 cm³/mol. The van der Waals surface area contributed by atoms with Crippen LogP contribution in [0.2, 0.25) is 0 Å². The second-order valence-electron chi connectivity index (χ2n) is 9.54. The minimum absolute atomic E-state index is 0.0121. The quantitative estimate of drug-likeness (QED) is 0.194. The van der Waals surface area contributed by atoms with Gasteiger partial charge < -0.3 is 37.2 Å². The summed E-state index contributed by atoms with van der Waals surface area (Å²) in [6, 6.07) is -2.74. The van der Waals surface area contributed by atoms with E-state index in [2.05, 4.69) is 21.3 Å². The average Bonchev–Trinajstić information content (AvgIpc) is 2.59. The Hall–Kier alpha value is -2.24. The van der Waals surface area contributed by atoms with Crippen molar-refractivity contribution in [1.82, 2.24) is 21.3 Å². The Kier molecular flexibility index (Phi) is 11.7. The zero-order valence-electron chi connectivity index (χ0n) is 19.4. The van der Waals surface area contributed by atoms with E-state index < -0.39 is 41.5 Å². The number of carboxylic acids is 2. The van der Waals surface area contributed by atoms with E-state index >= 15 is 0 Å². The van der Waals surface area contributed by atoms with Gasteiger partial charge in [-0.3, -0.25) is 14.4 Å². The Morgan fingerprint density at radius 2 is 1.32 bits per heavy atom. The molecule has 11 nitrogen and oxygen atoms in total. The summed E-state index contributed by atoms with van der Waals surface area (Å²) in [6.45, 7) is 11.2. The summed E-state index contributed by atoms with van der Waals surface area (Å²) in [6.07, 6.45) is -0.269. The number of carboxylic acid groups (broad SMARTS) is 2. The number of hydrogen-bond donors (Lipinski definition) is 7. The van der Waals surface area contributed by atoms with Gasteiger partial charge in [0, 0.05) is 30.6 Å². The first kappa shape index (κ1) is 28.8. The highest BCUT2D eigenvalue weighted by Crippen LogP contribution is 2.08.